The maximum atomic E-state index is 12.9. The third-order valence-electron chi connectivity index (χ3n) is 6.04. The van der Waals surface area contributed by atoms with Gasteiger partial charge in [0.1, 0.15) is 0 Å². The van der Waals surface area contributed by atoms with E-state index in [-0.39, 0.29) is 30.3 Å². The molecule has 2 N–H and O–H groups in total. The first-order valence-corrected chi connectivity index (χ1v) is 10.5. The Bertz CT molecular complexity index is 846. The number of fused-ring (bicyclic) bond motifs is 1. The van der Waals surface area contributed by atoms with Crippen LogP contribution in [0.4, 0.5) is 0 Å². The Labute approximate surface area is 178 Å². The highest BCUT2D eigenvalue weighted by Gasteiger charge is 2.26. The van der Waals surface area contributed by atoms with Crippen LogP contribution in [0.5, 0.6) is 0 Å². The SMILES string of the molecule is Cl.O=C(NCC1CCCN(C(=O)Cc2cccc3ccccc23)C1)C1CCCN1. The average molecular weight is 416 g/mol. The Morgan fingerprint density at radius 3 is 2.72 bits per heavy atom. The number of nitrogens with zero attached hydrogens (tertiary/aromatic N) is 1. The van der Waals surface area contributed by atoms with E-state index < -0.39 is 0 Å². The van der Waals surface area contributed by atoms with Crippen LogP contribution >= 0.6 is 12.4 Å². The zero-order valence-corrected chi connectivity index (χ0v) is 17.5. The minimum Gasteiger partial charge on any atom is -0.354 e. The van der Waals surface area contributed by atoms with Crippen molar-refractivity contribution in [2.24, 2.45) is 5.92 Å². The number of benzene rings is 2. The highest BCUT2D eigenvalue weighted by molar-refractivity contribution is 5.90. The van der Waals surface area contributed by atoms with Gasteiger partial charge in [-0.15, -0.1) is 12.4 Å². The molecule has 2 heterocycles. The summed E-state index contributed by atoms with van der Waals surface area (Å²) in [5.41, 5.74) is 1.09. The second-order valence-electron chi connectivity index (χ2n) is 8.06. The second kappa shape index (κ2) is 10.1. The van der Waals surface area contributed by atoms with Gasteiger partial charge in [0, 0.05) is 19.6 Å². The third-order valence-corrected chi connectivity index (χ3v) is 6.04. The van der Waals surface area contributed by atoms with E-state index in [1.54, 1.807) is 0 Å². The molecule has 156 valence electrons. The lowest BCUT2D eigenvalue weighted by Crippen LogP contribution is -2.47. The number of nitrogens with one attached hydrogen (secondary N) is 2. The van der Waals surface area contributed by atoms with Gasteiger partial charge < -0.3 is 15.5 Å². The molecule has 6 heteroatoms. The third kappa shape index (κ3) is 5.28. The van der Waals surface area contributed by atoms with Crippen molar-refractivity contribution in [2.45, 2.75) is 38.1 Å². The smallest absolute Gasteiger partial charge is 0.237 e. The average Bonchev–Trinajstić information content (AvgIpc) is 3.27. The lowest BCUT2D eigenvalue weighted by molar-refractivity contribution is -0.132. The van der Waals surface area contributed by atoms with Crippen LogP contribution in [-0.2, 0) is 16.0 Å². The molecule has 2 aromatic rings. The fourth-order valence-electron chi connectivity index (χ4n) is 4.46. The number of amides is 2. The van der Waals surface area contributed by atoms with Gasteiger partial charge in [-0.2, -0.15) is 0 Å². The van der Waals surface area contributed by atoms with Gasteiger partial charge in [0.15, 0.2) is 0 Å². The molecule has 4 rings (SSSR count). The maximum Gasteiger partial charge on any atom is 0.237 e. The van der Waals surface area contributed by atoms with Crippen molar-refractivity contribution in [1.82, 2.24) is 15.5 Å². The van der Waals surface area contributed by atoms with Crippen LogP contribution in [0.1, 0.15) is 31.2 Å². The number of likely N-dealkylation sites (tertiary alicyclic amines) is 1. The van der Waals surface area contributed by atoms with Crippen LogP contribution in [0.2, 0.25) is 0 Å². The molecule has 2 aliphatic heterocycles. The van der Waals surface area contributed by atoms with Gasteiger partial charge in [0.2, 0.25) is 11.8 Å². The van der Waals surface area contributed by atoms with Gasteiger partial charge in [0.25, 0.3) is 0 Å². The van der Waals surface area contributed by atoms with Crippen LogP contribution in [0.3, 0.4) is 0 Å². The molecule has 0 saturated carbocycles. The van der Waals surface area contributed by atoms with E-state index in [0.717, 1.165) is 56.3 Å². The summed E-state index contributed by atoms with van der Waals surface area (Å²) in [7, 11) is 0. The Morgan fingerprint density at radius 1 is 1.07 bits per heavy atom. The van der Waals surface area contributed by atoms with Crippen molar-refractivity contribution < 1.29 is 9.59 Å². The molecule has 0 radical (unpaired) electrons. The minimum absolute atomic E-state index is 0. The topological polar surface area (TPSA) is 61.4 Å². The van der Waals surface area contributed by atoms with Gasteiger partial charge in [-0.25, -0.2) is 0 Å². The summed E-state index contributed by atoms with van der Waals surface area (Å²) in [4.78, 5) is 27.1. The Balaban J connectivity index is 0.00000240. The van der Waals surface area contributed by atoms with Gasteiger partial charge in [0.05, 0.1) is 12.5 Å². The molecule has 29 heavy (non-hydrogen) atoms. The largest absolute Gasteiger partial charge is 0.354 e. The first-order chi connectivity index (χ1) is 13.7. The first kappa shape index (κ1) is 21.6. The molecule has 2 amide bonds. The van der Waals surface area contributed by atoms with Crippen molar-refractivity contribution in [3.05, 3.63) is 48.0 Å². The molecule has 0 bridgehead atoms. The number of carbonyl (C=O) groups is 2. The predicted molar refractivity (Wildman–Crippen MR) is 118 cm³/mol. The Kier molecular flexibility index (Phi) is 7.51. The fraction of sp³-hybridized carbons (Fsp3) is 0.478. The van der Waals surface area contributed by atoms with Crippen molar-refractivity contribution in [3.63, 3.8) is 0 Å². The fourth-order valence-corrected chi connectivity index (χ4v) is 4.46. The Morgan fingerprint density at radius 2 is 1.90 bits per heavy atom. The van der Waals surface area contributed by atoms with E-state index in [1.807, 2.05) is 23.1 Å². The quantitative estimate of drug-likeness (QED) is 0.789. The molecule has 2 saturated heterocycles. The molecule has 2 aromatic carbocycles. The summed E-state index contributed by atoms with van der Waals surface area (Å²) in [5, 5.41) is 8.65. The molecule has 2 atom stereocenters. The van der Waals surface area contributed by atoms with E-state index >= 15 is 0 Å². The number of halogens is 1. The highest BCUT2D eigenvalue weighted by atomic mass is 35.5. The standard InChI is InChI=1S/C23H29N3O2.ClH/c27-22(14-19-9-3-8-18-7-1-2-10-20(18)19)26-13-5-6-17(16-26)15-25-23(28)21-11-4-12-24-21;/h1-3,7-10,17,21,24H,4-6,11-16H2,(H,25,28);1H. The number of piperidine rings is 1. The normalized spacial score (nSPS) is 21.6. The monoisotopic (exact) mass is 415 g/mol. The first-order valence-electron chi connectivity index (χ1n) is 10.5. The summed E-state index contributed by atoms with van der Waals surface area (Å²) in [5.74, 6) is 0.636. The second-order valence-corrected chi connectivity index (χ2v) is 8.06. The lowest BCUT2D eigenvalue weighted by Gasteiger charge is -2.33. The summed E-state index contributed by atoms with van der Waals surface area (Å²) in [6.45, 7) is 3.15. The molecule has 0 aromatic heterocycles. The van der Waals surface area contributed by atoms with E-state index in [4.69, 9.17) is 0 Å². The lowest BCUT2D eigenvalue weighted by atomic mass is 9.96. The number of hydrogen-bond acceptors (Lipinski definition) is 3. The zero-order valence-electron chi connectivity index (χ0n) is 16.7. The maximum absolute atomic E-state index is 12.9. The number of hydrogen-bond donors (Lipinski definition) is 2. The van der Waals surface area contributed by atoms with E-state index in [2.05, 4.69) is 34.9 Å². The van der Waals surface area contributed by atoms with Crippen molar-refractivity contribution >= 4 is 35.0 Å². The molecular formula is C23H30ClN3O2. The van der Waals surface area contributed by atoms with Crippen molar-refractivity contribution in [2.75, 3.05) is 26.2 Å². The van der Waals surface area contributed by atoms with E-state index in [1.165, 1.54) is 5.39 Å². The van der Waals surface area contributed by atoms with E-state index in [9.17, 15) is 9.59 Å². The molecule has 2 aliphatic rings. The molecular weight excluding hydrogens is 386 g/mol. The molecule has 2 unspecified atom stereocenters. The van der Waals surface area contributed by atoms with Gasteiger partial charge >= 0.3 is 0 Å². The van der Waals surface area contributed by atoms with Crippen LogP contribution in [0.15, 0.2) is 42.5 Å². The van der Waals surface area contributed by atoms with Gasteiger partial charge in [-0.3, -0.25) is 9.59 Å². The van der Waals surface area contributed by atoms with Crippen molar-refractivity contribution in [3.8, 4) is 0 Å². The molecule has 2 fully saturated rings. The molecule has 5 nitrogen and oxygen atoms in total. The van der Waals surface area contributed by atoms with Crippen LogP contribution in [-0.4, -0.2) is 48.9 Å². The molecule has 0 spiro atoms. The summed E-state index contributed by atoms with van der Waals surface area (Å²) < 4.78 is 0. The van der Waals surface area contributed by atoms with Crippen LogP contribution < -0.4 is 10.6 Å². The van der Waals surface area contributed by atoms with Gasteiger partial charge in [-0.1, -0.05) is 42.5 Å². The summed E-state index contributed by atoms with van der Waals surface area (Å²) in [6, 6.07) is 14.3. The predicted octanol–water partition coefficient (Wildman–Crippen LogP) is 2.91. The van der Waals surface area contributed by atoms with Gasteiger partial charge in [-0.05, 0) is 54.5 Å². The minimum atomic E-state index is -0.0345. The van der Waals surface area contributed by atoms with Crippen molar-refractivity contribution in [1.29, 1.82) is 0 Å². The van der Waals surface area contributed by atoms with E-state index in [0.29, 0.717) is 18.9 Å². The number of rotatable bonds is 5. The molecule has 0 aliphatic carbocycles. The van der Waals surface area contributed by atoms with Crippen LogP contribution in [0.25, 0.3) is 10.8 Å². The Hall–Kier alpha value is -2.11. The van der Waals surface area contributed by atoms with Crippen LogP contribution in [0, 0.1) is 5.92 Å². The number of carbonyl (C=O) groups excluding carboxylic acids is 2. The summed E-state index contributed by atoms with van der Waals surface area (Å²) >= 11 is 0. The summed E-state index contributed by atoms with van der Waals surface area (Å²) in [6.07, 6.45) is 4.50. The zero-order chi connectivity index (χ0) is 19.3. The highest BCUT2D eigenvalue weighted by Crippen LogP contribution is 2.21.